The Morgan fingerprint density at radius 3 is 1.13 bits per heavy atom. The Morgan fingerprint density at radius 2 is 0.745 bits per heavy atom. The van der Waals surface area contributed by atoms with Crippen LogP contribution in [0.3, 0.4) is 0 Å². The molecule has 1 rings (SSSR count). The first-order valence-electron chi connectivity index (χ1n) is 20.9. The molecule has 280 valence electrons. The van der Waals surface area contributed by atoms with Gasteiger partial charge in [0.05, 0.1) is 11.5 Å². The summed E-state index contributed by atoms with van der Waals surface area (Å²) in [5.41, 5.74) is 0. The predicted molar refractivity (Wildman–Crippen MR) is 216 cm³/mol. The summed E-state index contributed by atoms with van der Waals surface area (Å²) in [6, 6.07) is 8.33. The van der Waals surface area contributed by atoms with Crippen LogP contribution in [-0.2, 0) is 14.3 Å². The van der Waals surface area contributed by atoms with Gasteiger partial charge in [0.1, 0.15) is 0 Å². The molecule has 0 aliphatic carbocycles. The Hall–Kier alpha value is -0.440. The molecule has 0 amide bonds. The van der Waals surface area contributed by atoms with Crippen molar-refractivity contribution in [2.45, 2.75) is 206 Å². The first-order chi connectivity index (χ1) is 22.9. The summed E-state index contributed by atoms with van der Waals surface area (Å²) >= 11 is 0. The van der Waals surface area contributed by atoms with Crippen molar-refractivity contribution in [1.82, 2.24) is 0 Å². The van der Waals surface area contributed by atoms with Crippen LogP contribution < -0.4 is 0 Å². The Balaban J connectivity index is 0.000000907. The molecule has 0 aromatic heterocycles. The Kier molecular flexibility index (Phi) is 33.7. The molecule has 0 saturated heterocycles. The summed E-state index contributed by atoms with van der Waals surface area (Å²) in [6.07, 6.45) is 42.4. The summed E-state index contributed by atoms with van der Waals surface area (Å²) in [5.74, 6) is 0. The van der Waals surface area contributed by atoms with Gasteiger partial charge in [-0.3, -0.25) is 4.18 Å². The minimum atomic E-state index is -3.57. The molecule has 0 saturated carbocycles. The van der Waals surface area contributed by atoms with Gasteiger partial charge in [-0.05, 0) is 18.6 Å². The molecular formula is C42H83O3PS. The van der Waals surface area contributed by atoms with Crippen LogP contribution in [0.4, 0.5) is 0 Å². The number of benzene rings is 1. The molecule has 0 bridgehead atoms. The topological polar surface area (TPSA) is 43.4 Å². The molecule has 0 unspecified atom stereocenters. The van der Waals surface area contributed by atoms with Crippen molar-refractivity contribution >= 4 is 17.4 Å². The Bertz CT molecular complexity index is 836. The van der Waals surface area contributed by atoms with Gasteiger partial charge < -0.3 is 0 Å². The van der Waals surface area contributed by atoms with Crippen LogP contribution in [-0.4, -0.2) is 39.7 Å². The molecule has 0 fully saturated rings. The predicted octanol–water partition coefficient (Wildman–Crippen LogP) is 14.4. The van der Waals surface area contributed by atoms with Gasteiger partial charge in [0, 0.05) is 0 Å². The molecule has 1 aromatic rings. The van der Waals surface area contributed by atoms with Crippen molar-refractivity contribution in [2.75, 3.05) is 31.3 Å². The van der Waals surface area contributed by atoms with Crippen LogP contribution in [0.15, 0.2) is 35.2 Å². The zero-order valence-corrected chi connectivity index (χ0v) is 34.3. The second-order valence-electron chi connectivity index (χ2n) is 14.5. The van der Waals surface area contributed by atoms with Crippen LogP contribution in [0.1, 0.15) is 202 Å². The molecule has 3 nitrogen and oxygen atoms in total. The monoisotopic (exact) mass is 699 g/mol. The first-order valence-corrected chi connectivity index (χ1v) is 25.1. The third-order valence-electron chi connectivity index (χ3n) is 10.0. The van der Waals surface area contributed by atoms with Crippen molar-refractivity contribution < 1.29 is 12.6 Å². The summed E-state index contributed by atoms with van der Waals surface area (Å²) < 4.78 is 28.8. The van der Waals surface area contributed by atoms with Gasteiger partial charge in [-0.15, -0.1) is 0 Å². The van der Waals surface area contributed by atoms with E-state index in [1.807, 2.05) is 0 Å². The number of hydrogen-bond donors (Lipinski definition) is 0. The number of rotatable bonds is 33. The van der Waals surface area contributed by atoms with E-state index >= 15 is 0 Å². The third kappa shape index (κ3) is 28.0. The van der Waals surface area contributed by atoms with E-state index in [4.69, 9.17) is 4.18 Å². The first kappa shape index (κ1) is 46.6. The van der Waals surface area contributed by atoms with Gasteiger partial charge in [-0.1, -0.05) is 82.9 Å². The fraction of sp³-hybridized carbons (Fsp3) is 0.857. The fourth-order valence-electron chi connectivity index (χ4n) is 6.81. The van der Waals surface area contributed by atoms with Crippen LogP contribution in [0, 0.1) is 0 Å². The minimum absolute atomic E-state index is 0.238. The van der Waals surface area contributed by atoms with Crippen molar-refractivity contribution in [2.24, 2.45) is 0 Å². The molecule has 5 heteroatoms. The second-order valence-corrected chi connectivity index (χ2v) is 21.1. The zero-order chi connectivity index (χ0) is 34.7. The van der Waals surface area contributed by atoms with Gasteiger partial charge in [0.25, 0.3) is 10.1 Å². The molecule has 47 heavy (non-hydrogen) atoms. The molecule has 0 spiro atoms. The van der Waals surface area contributed by atoms with Crippen LogP contribution >= 0.6 is 7.26 Å². The molecule has 0 heterocycles. The third-order valence-corrected chi connectivity index (χ3v) is 17.0. The quantitative estimate of drug-likeness (QED) is 0.0417. The molecule has 0 aliphatic heterocycles. The zero-order valence-electron chi connectivity index (χ0n) is 32.4. The van der Waals surface area contributed by atoms with Gasteiger partial charge in [0.2, 0.25) is 0 Å². The van der Waals surface area contributed by atoms with Gasteiger partial charge >= 0.3 is 162 Å². The SMILES string of the molecule is CCCCCCCCCCCCOS(=O)(=O)c1ccccc1.CCCCCCCCCCCC[PH](CCCC)(CCCC)CCCC. The van der Waals surface area contributed by atoms with Crippen LogP contribution in [0.5, 0.6) is 0 Å². The summed E-state index contributed by atoms with van der Waals surface area (Å²) in [5, 5.41) is 0. The van der Waals surface area contributed by atoms with E-state index in [0.717, 1.165) is 12.8 Å². The fourth-order valence-corrected chi connectivity index (χ4v) is 13.6. The van der Waals surface area contributed by atoms with Gasteiger partial charge in [-0.2, -0.15) is 8.42 Å². The summed E-state index contributed by atoms with van der Waals surface area (Å²) in [6.45, 7) is 12.0. The van der Waals surface area contributed by atoms with Crippen molar-refractivity contribution in [3.05, 3.63) is 30.3 Å². The van der Waals surface area contributed by atoms with Gasteiger partial charge in [-0.25, -0.2) is 0 Å². The summed E-state index contributed by atoms with van der Waals surface area (Å²) in [7, 11) is -4.52. The van der Waals surface area contributed by atoms with Crippen molar-refractivity contribution in [3.63, 3.8) is 0 Å². The molecule has 0 atom stereocenters. The van der Waals surface area contributed by atoms with E-state index in [9.17, 15) is 8.42 Å². The molecular weight excluding hydrogens is 616 g/mol. The maximum absolute atomic E-state index is 11.9. The van der Waals surface area contributed by atoms with E-state index in [1.165, 1.54) is 148 Å². The maximum atomic E-state index is 11.9. The van der Waals surface area contributed by atoms with E-state index in [1.54, 1.807) is 61.4 Å². The van der Waals surface area contributed by atoms with Crippen molar-refractivity contribution in [1.29, 1.82) is 0 Å². The average molecular weight is 699 g/mol. The summed E-state index contributed by atoms with van der Waals surface area (Å²) in [4.78, 5) is 0.238. The van der Waals surface area contributed by atoms with E-state index in [-0.39, 0.29) is 11.5 Å². The molecule has 0 radical (unpaired) electrons. The van der Waals surface area contributed by atoms with E-state index < -0.39 is 17.4 Å². The molecule has 0 aliphatic rings. The number of unbranched alkanes of at least 4 members (excludes halogenated alkanes) is 21. The van der Waals surface area contributed by atoms with Gasteiger partial charge in [0.15, 0.2) is 0 Å². The average Bonchev–Trinajstić information content (AvgIpc) is 3.09. The molecule has 1 aromatic carbocycles. The van der Waals surface area contributed by atoms with Crippen LogP contribution in [0.25, 0.3) is 0 Å². The van der Waals surface area contributed by atoms with E-state index in [0.29, 0.717) is 0 Å². The normalized spacial score (nSPS) is 12.2. The standard InChI is InChI=1S/C24H53P.C18H30O3S/c1-5-9-13-14-15-16-17-18-19-20-24-25(21-10-6-2,22-11-7-3)23-12-8-4;1-2-3-4-5-6-7-8-9-10-14-17-21-22(19,20)18-15-12-11-13-16-18/h25H,5-24H2,1-4H3;11-13,15-16H,2-10,14,17H2,1H3. The Morgan fingerprint density at radius 1 is 0.426 bits per heavy atom. The second kappa shape index (κ2) is 34.0. The Labute approximate surface area is 297 Å². The number of hydrogen-bond acceptors (Lipinski definition) is 3. The van der Waals surface area contributed by atoms with E-state index in [2.05, 4.69) is 34.6 Å². The van der Waals surface area contributed by atoms with Crippen LogP contribution in [0.2, 0.25) is 0 Å². The molecule has 0 N–H and O–H groups in total. The van der Waals surface area contributed by atoms with Crippen molar-refractivity contribution in [3.8, 4) is 0 Å².